The second-order valence-corrected chi connectivity index (χ2v) is 7.90. The summed E-state index contributed by atoms with van der Waals surface area (Å²) in [4.78, 5) is 27.4. The number of nitrogens with zero attached hydrogens (tertiary/aromatic N) is 3. The summed E-state index contributed by atoms with van der Waals surface area (Å²) >= 11 is 0. The Bertz CT molecular complexity index is 870. The Labute approximate surface area is 170 Å². The molecular weight excluding hydrogens is 373 g/mol. The van der Waals surface area contributed by atoms with Gasteiger partial charge < -0.3 is 9.64 Å². The number of hydrogen-bond donors (Lipinski definition) is 0. The molecule has 1 aliphatic rings. The summed E-state index contributed by atoms with van der Waals surface area (Å²) in [5.41, 5.74) is 0.561. The fraction of sp³-hybridized carbons (Fsp3) is 0.500. The van der Waals surface area contributed by atoms with Gasteiger partial charge in [0.25, 0.3) is 5.91 Å². The third kappa shape index (κ3) is 4.66. The third-order valence-electron chi connectivity index (χ3n) is 5.53. The molecule has 0 N–H and O–H groups in total. The van der Waals surface area contributed by atoms with Crippen LogP contribution >= 0.6 is 0 Å². The molecule has 1 saturated heterocycles. The van der Waals surface area contributed by atoms with Gasteiger partial charge in [-0.3, -0.25) is 14.3 Å². The SMILES string of the molecule is CCOC(=O)C1(Cc2cccc(F)c2)CCN(C(=O)c2cnn(C(C)C)c2)CC1. The molecule has 1 amide bonds. The first kappa shape index (κ1) is 21.0. The minimum absolute atomic E-state index is 0.0832. The van der Waals surface area contributed by atoms with Crippen molar-refractivity contribution in [2.24, 2.45) is 5.41 Å². The number of likely N-dealkylation sites (tertiary alicyclic amines) is 1. The Hall–Kier alpha value is -2.70. The number of carbonyl (C=O) groups excluding carboxylic acids is 2. The number of rotatable bonds is 6. The van der Waals surface area contributed by atoms with Gasteiger partial charge in [-0.1, -0.05) is 12.1 Å². The van der Waals surface area contributed by atoms with Crippen LogP contribution in [0.25, 0.3) is 0 Å². The highest BCUT2D eigenvalue weighted by Crippen LogP contribution is 2.37. The fourth-order valence-corrected chi connectivity index (χ4v) is 3.83. The van der Waals surface area contributed by atoms with Gasteiger partial charge in [0.15, 0.2) is 0 Å². The molecule has 1 aliphatic heterocycles. The number of carbonyl (C=O) groups is 2. The Morgan fingerprint density at radius 2 is 2.00 bits per heavy atom. The Morgan fingerprint density at radius 3 is 2.59 bits per heavy atom. The first-order valence-corrected chi connectivity index (χ1v) is 10.1. The van der Waals surface area contributed by atoms with Crippen molar-refractivity contribution in [1.82, 2.24) is 14.7 Å². The van der Waals surface area contributed by atoms with Crippen molar-refractivity contribution in [3.05, 3.63) is 53.6 Å². The Balaban J connectivity index is 1.74. The molecule has 6 nitrogen and oxygen atoms in total. The molecule has 0 unspecified atom stereocenters. The van der Waals surface area contributed by atoms with Gasteiger partial charge in [0, 0.05) is 25.3 Å². The summed E-state index contributed by atoms with van der Waals surface area (Å²) in [6.07, 6.45) is 4.70. The van der Waals surface area contributed by atoms with Gasteiger partial charge in [0.2, 0.25) is 0 Å². The van der Waals surface area contributed by atoms with Crippen LogP contribution in [0.2, 0.25) is 0 Å². The van der Waals surface area contributed by atoms with Gasteiger partial charge in [-0.25, -0.2) is 4.39 Å². The van der Waals surface area contributed by atoms with Gasteiger partial charge in [0.05, 0.1) is 23.8 Å². The maximum Gasteiger partial charge on any atom is 0.312 e. The Kier molecular flexibility index (Phi) is 6.35. The number of ether oxygens (including phenoxy) is 1. The molecule has 2 heterocycles. The first-order chi connectivity index (χ1) is 13.8. The standard InChI is InChI=1S/C22H28FN3O3/c1-4-29-21(28)22(13-17-6-5-7-19(23)12-17)8-10-25(11-9-22)20(27)18-14-24-26(15-18)16(2)3/h5-7,12,14-16H,4,8-11,13H2,1-3H3. The highest BCUT2D eigenvalue weighted by molar-refractivity contribution is 5.94. The van der Waals surface area contributed by atoms with Gasteiger partial charge in [-0.05, 0) is 57.7 Å². The van der Waals surface area contributed by atoms with Gasteiger partial charge in [0.1, 0.15) is 5.82 Å². The lowest BCUT2D eigenvalue weighted by atomic mass is 9.73. The van der Waals surface area contributed by atoms with E-state index in [0.29, 0.717) is 44.5 Å². The summed E-state index contributed by atoms with van der Waals surface area (Å²) < 4.78 is 20.7. The molecule has 0 atom stereocenters. The number of halogens is 1. The van der Waals surface area contributed by atoms with Crippen LogP contribution in [0.1, 0.15) is 55.6 Å². The molecule has 3 rings (SSSR count). The number of hydrogen-bond acceptors (Lipinski definition) is 4. The molecule has 2 aromatic rings. The molecule has 7 heteroatoms. The fourth-order valence-electron chi connectivity index (χ4n) is 3.83. The largest absolute Gasteiger partial charge is 0.466 e. The van der Waals surface area contributed by atoms with E-state index in [1.54, 1.807) is 35.0 Å². The lowest BCUT2D eigenvalue weighted by molar-refractivity contribution is -0.158. The van der Waals surface area contributed by atoms with Crippen molar-refractivity contribution in [3.8, 4) is 0 Å². The van der Waals surface area contributed by atoms with Crippen molar-refractivity contribution in [2.75, 3.05) is 19.7 Å². The summed E-state index contributed by atoms with van der Waals surface area (Å²) in [5, 5.41) is 4.24. The van der Waals surface area contributed by atoms with E-state index in [1.165, 1.54) is 12.1 Å². The number of piperidine rings is 1. The van der Waals surface area contributed by atoms with E-state index < -0.39 is 5.41 Å². The normalized spacial score (nSPS) is 16.1. The van der Waals surface area contributed by atoms with E-state index >= 15 is 0 Å². The number of esters is 1. The molecule has 0 bridgehead atoms. The van der Waals surface area contributed by atoms with Crippen LogP contribution in [-0.4, -0.2) is 46.3 Å². The summed E-state index contributed by atoms with van der Waals surface area (Å²) in [7, 11) is 0. The highest BCUT2D eigenvalue weighted by atomic mass is 19.1. The zero-order valence-electron chi connectivity index (χ0n) is 17.2. The molecule has 29 heavy (non-hydrogen) atoms. The first-order valence-electron chi connectivity index (χ1n) is 10.1. The van der Waals surface area contributed by atoms with Gasteiger partial charge in [-0.15, -0.1) is 0 Å². The van der Waals surface area contributed by atoms with Crippen LogP contribution in [0, 0.1) is 11.2 Å². The molecule has 0 aliphatic carbocycles. The maximum atomic E-state index is 13.6. The van der Waals surface area contributed by atoms with Crippen molar-refractivity contribution in [1.29, 1.82) is 0 Å². The second kappa shape index (κ2) is 8.76. The van der Waals surface area contributed by atoms with E-state index in [9.17, 15) is 14.0 Å². The molecule has 0 spiro atoms. The van der Waals surface area contributed by atoms with E-state index in [4.69, 9.17) is 4.74 Å². The molecule has 1 aromatic carbocycles. The summed E-state index contributed by atoms with van der Waals surface area (Å²) in [6.45, 7) is 6.96. The average molecular weight is 401 g/mol. The van der Waals surface area contributed by atoms with Crippen molar-refractivity contribution in [2.45, 2.75) is 46.1 Å². The van der Waals surface area contributed by atoms with E-state index in [1.807, 2.05) is 19.9 Å². The van der Waals surface area contributed by atoms with Crippen LogP contribution in [0.5, 0.6) is 0 Å². The predicted octanol–water partition coefficient (Wildman–Crippen LogP) is 3.63. The summed E-state index contributed by atoms with van der Waals surface area (Å²) in [6, 6.07) is 6.50. The quantitative estimate of drug-likeness (QED) is 0.694. The Morgan fingerprint density at radius 1 is 1.28 bits per heavy atom. The lowest BCUT2D eigenvalue weighted by Crippen LogP contribution is -2.48. The zero-order chi connectivity index (χ0) is 21.0. The average Bonchev–Trinajstić information content (AvgIpc) is 3.19. The summed E-state index contributed by atoms with van der Waals surface area (Å²) in [5.74, 6) is -0.680. The predicted molar refractivity (Wildman–Crippen MR) is 107 cm³/mol. The van der Waals surface area contributed by atoms with Gasteiger partial charge in [-0.2, -0.15) is 5.10 Å². The molecule has 0 radical (unpaired) electrons. The lowest BCUT2D eigenvalue weighted by Gasteiger charge is -2.40. The molecule has 0 saturated carbocycles. The van der Waals surface area contributed by atoms with E-state index in [0.717, 1.165) is 5.56 Å². The van der Waals surface area contributed by atoms with E-state index in [-0.39, 0.29) is 23.7 Å². The smallest absolute Gasteiger partial charge is 0.312 e. The van der Waals surface area contributed by atoms with Crippen molar-refractivity contribution >= 4 is 11.9 Å². The molecule has 1 aromatic heterocycles. The van der Waals surface area contributed by atoms with Gasteiger partial charge >= 0.3 is 5.97 Å². The molecular formula is C22H28FN3O3. The third-order valence-corrected chi connectivity index (χ3v) is 5.53. The highest BCUT2D eigenvalue weighted by Gasteiger charge is 2.43. The van der Waals surface area contributed by atoms with Crippen LogP contribution in [0.3, 0.4) is 0 Å². The number of benzene rings is 1. The van der Waals surface area contributed by atoms with Crippen molar-refractivity contribution in [3.63, 3.8) is 0 Å². The van der Waals surface area contributed by atoms with Crippen LogP contribution < -0.4 is 0 Å². The maximum absolute atomic E-state index is 13.6. The molecule has 1 fully saturated rings. The van der Waals surface area contributed by atoms with E-state index in [2.05, 4.69) is 5.10 Å². The van der Waals surface area contributed by atoms with Crippen LogP contribution in [-0.2, 0) is 16.0 Å². The second-order valence-electron chi connectivity index (χ2n) is 7.90. The van der Waals surface area contributed by atoms with Crippen molar-refractivity contribution < 1.29 is 18.7 Å². The zero-order valence-corrected chi connectivity index (χ0v) is 17.2. The van der Waals surface area contributed by atoms with Crippen LogP contribution in [0.4, 0.5) is 4.39 Å². The monoisotopic (exact) mass is 401 g/mol. The number of amides is 1. The van der Waals surface area contributed by atoms with Crippen LogP contribution in [0.15, 0.2) is 36.7 Å². The topological polar surface area (TPSA) is 64.4 Å². The minimum atomic E-state index is -0.747. The molecule has 156 valence electrons. The number of aromatic nitrogens is 2. The minimum Gasteiger partial charge on any atom is -0.466 e.